The van der Waals surface area contributed by atoms with Crippen molar-refractivity contribution >= 4 is 29.9 Å². The average molecular weight is 502 g/mol. The molecule has 1 saturated heterocycles. The molecule has 1 aliphatic heterocycles. The molecule has 0 saturated carbocycles. The van der Waals surface area contributed by atoms with Crippen LogP contribution in [0.2, 0.25) is 0 Å². The summed E-state index contributed by atoms with van der Waals surface area (Å²) < 4.78 is 2.10. The summed E-state index contributed by atoms with van der Waals surface area (Å²) in [5.41, 5.74) is 2.66. The van der Waals surface area contributed by atoms with Crippen LogP contribution in [0.25, 0.3) is 0 Å². The smallest absolute Gasteiger partial charge is 0.191 e. The zero-order valence-corrected chi connectivity index (χ0v) is 20.6. The summed E-state index contributed by atoms with van der Waals surface area (Å²) in [7, 11) is 1.87. The third-order valence-corrected chi connectivity index (χ3v) is 6.20. The van der Waals surface area contributed by atoms with Gasteiger partial charge in [-0.3, -0.25) is 14.6 Å². The molecular formula is C21H39IN6. The first-order chi connectivity index (χ1) is 13.0. The predicted octanol–water partition coefficient (Wildman–Crippen LogP) is 3.22. The van der Waals surface area contributed by atoms with E-state index in [1.165, 1.54) is 37.2 Å². The second-order valence-corrected chi connectivity index (χ2v) is 8.78. The maximum absolute atomic E-state index is 4.78. The number of nitrogens with one attached hydrogen (secondary N) is 2. The molecule has 1 aromatic rings. The fraction of sp³-hybridized carbons (Fsp3) is 0.810. The van der Waals surface area contributed by atoms with Crippen molar-refractivity contribution in [3.8, 4) is 0 Å². The lowest BCUT2D eigenvalue weighted by Crippen LogP contribution is -2.50. The van der Waals surface area contributed by atoms with Gasteiger partial charge in [0.25, 0.3) is 0 Å². The lowest BCUT2D eigenvalue weighted by molar-refractivity contribution is 0.147. The van der Waals surface area contributed by atoms with Crippen molar-refractivity contribution in [3.05, 3.63) is 17.5 Å². The fourth-order valence-corrected chi connectivity index (χ4v) is 4.13. The number of hydrogen-bond acceptors (Lipinski definition) is 3. The number of fused-ring (bicyclic) bond motifs is 1. The van der Waals surface area contributed by atoms with Crippen molar-refractivity contribution in [1.29, 1.82) is 0 Å². The predicted molar refractivity (Wildman–Crippen MR) is 128 cm³/mol. The minimum absolute atomic E-state index is 0. The summed E-state index contributed by atoms with van der Waals surface area (Å²) in [6.45, 7) is 12.4. The molecule has 0 aromatic carbocycles. The van der Waals surface area contributed by atoms with E-state index in [1.54, 1.807) is 0 Å². The van der Waals surface area contributed by atoms with Gasteiger partial charge in [0.2, 0.25) is 0 Å². The highest BCUT2D eigenvalue weighted by Crippen LogP contribution is 2.22. The summed E-state index contributed by atoms with van der Waals surface area (Å²) in [6.07, 6.45) is 8.09. The summed E-state index contributed by atoms with van der Waals surface area (Å²) in [5, 5.41) is 12.0. The zero-order valence-electron chi connectivity index (χ0n) is 18.2. The molecule has 7 heteroatoms. The first-order valence-corrected chi connectivity index (χ1v) is 10.7. The Balaban J connectivity index is 0.00000280. The van der Waals surface area contributed by atoms with Gasteiger partial charge < -0.3 is 10.6 Å². The van der Waals surface area contributed by atoms with Crippen LogP contribution in [0.1, 0.15) is 64.3 Å². The van der Waals surface area contributed by atoms with Crippen LogP contribution < -0.4 is 10.6 Å². The standard InChI is InChI=1S/C21H38N6.HI/c1-15(2)27-14-18-6-7-19(12-20(18)25-27)24-21(22-5)23-13-17(4)26-10-8-16(3)9-11-26;/h14-17,19H,6-13H2,1-5H3,(H2,22,23,24);1H. The Morgan fingerprint density at radius 3 is 2.61 bits per heavy atom. The zero-order chi connectivity index (χ0) is 19.4. The van der Waals surface area contributed by atoms with Gasteiger partial charge in [-0.15, -0.1) is 24.0 Å². The number of piperidine rings is 1. The molecule has 0 spiro atoms. The van der Waals surface area contributed by atoms with Crippen LogP contribution in [0.15, 0.2) is 11.2 Å². The molecule has 0 bridgehead atoms. The molecule has 160 valence electrons. The van der Waals surface area contributed by atoms with Gasteiger partial charge in [-0.1, -0.05) is 6.92 Å². The molecule has 6 nitrogen and oxygen atoms in total. The SMILES string of the molecule is CN=C(NCC(C)N1CCC(C)CC1)NC1CCc2cn(C(C)C)nc2C1.I. The molecule has 2 unspecified atom stereocenters. The minimum atomic E-state index is 0. The Morgan fingerprint density at radius 2 is 1.96 bits per heavy atom. The van der Waals surface area contributed by atoms with E-state index >= 15 is 0 Å². The number of nitrogens with zero attached hydrogens (tertiary/aromatic N) is 4. The number of likely N-dealkylation sites (tertiary alicyclic amines) is 1. The van der Waals surface area contributed by atoms with E-state index in [0.29, 0.717) is 18.1 Å². The van der Waals surface area contributed by atoms with Gasteiger partial charge in [-0.05, 0) is 71.0 Å². The molecule has 2 N–H and O–H groups in total. The summed E-state index contributed by atoms with van der Waals surface area (Å²) in [6, 6.07) is 1.37. The third kappa shape index (κ3) is 6.08. The van der Waals surface area contributed by atoms with E-state index in [9.17, 15) is 0 Å². The maximum Gasteiger partial charge on any atom is 0.191 e. The van der Waals surface area contributed by atoms with Crippen molar-refractivity contribution in [2.24, 2.45) is 10.9 Å². The molecule has 0 amide bonds. The van der Waals surface area contributed by atoms with Crippen LogP contribution in [0.4, 0.5) is 0 Å². The van der Waals surface area contributed by atoms with Gasteiger partial charge in [0.05, 0.1) is 5.69 Å². The van der Waals surface area contributed by atoms with Crippen LogP contribution >= 0.6 is 24.0 Å². The Hall–Kier alpha value is -0.830. The lowest BCUT2D eigenvalue weighted by Gasteiger charge is -2.35. The van der Waals surface area contributed by atoms with Gasteiger partial charge in [-0.25, -0.2) is 0 Å². The van der Waals surface area contributed by atoms with Crippen LogP contribution in [0.5, 0.6) is 0 Å². The molecule has 3 rings (SSSR count). The van der Waals surface area contributed by atoms with Crippen LogP contribution in [-0.4, -0.2) is 59.4 Å². The number of guanidine groups is 1. The average Bonchev–Trinajstić information content (AvgIpc) is 3.09. The number of rotatable bonds is 5. The number of aryl methyl sites for hydroxylation is 1. The largest absolute Gasteiger partial charge is 0.355 e. The Morgan fingerprint density at radius 1 is 1.25 bits per heavy atom. The Labute approximate surface area is 187 Å². The highest BCUT2D eigenvalue weighted by Gasteiger charge is 2.24. The van der Waals surface area contributed by atoms with Crippen molar-refractivity contribution < 1.29 is 0 Å². The van der Waals surface area contributed by atoms with Crippen molar-refractivity contribution in [1.82, 2.24) is 25.3 Å². The summed E-state index contributed by atoms with van der Waals surface area (Å²) in [4.78, 5) is 7.05. The van der Waals surface area contributed by atoms with Gasteiger partial charge in [-0.2, -0.15) is 5.10 Å². The number of aromatic nitrogens is 2. The normalized spacial score (nSPS) is 22.5. The highest BCUT2D eigenvalue weighted by atomic mass is 127. The molecule has 1 fully saturated rings. The molecule has 1 aromatic heterocycles. The van der Waals surface area contributed by atoms with Crippen molar-refractivity contribution in [2.75, 3.05) is 26.7 Å². The molecule has 2 heterocycles. The van der Waals surface area contributed by atoms with Gasteiger partial charge in [0.15, 0.2) is 5.96 Å². The quantitative estimate of drug-likeness (QED) is 0.369. The highest BCUT2D eigenvalue weighted by molar-refractivity contribution is 14.0. The topological polar surface area (TPSA) is 57.5 Å². The van der Waals surface area contributed by atoms with Gasteiger partial charge in [0.1, 0.15) is 0 Å². The fourth-order valence-electron chi connectivity index (χ4n) is 4.13. The second-order valence-electron chi connectivity index (χ2n) is 8.78. The van der Waals surface area contributed by atoms with E-state index < -0.39 is 0 Å². The second kappa shape index (κ2) is 10.8. The molecule has 2 aliphatic rings. The first-order valence-electron chi connectivity index (χ1n) is 10.7. The maximum atomic E-state index is 4.78. The van der Waals surface area contributed by atoms with E-state index in [4.69, 9.17) is 5.10 Å². The molecular weight excluding hydrogens is 463 g/mol. The van der Waals surface area contributed by atoms with Gasteiger partial charge >= 0.3 is 0 Å². The van der Waals surface area contributed by atoms with E-state index in [2.05, 4.69) is 59.1 Å². The lowest BCUT2D eigenvalue weighted by atomic mass is 9.94. The third-order valence-electron chi connectivity index (χ3n) is 6.20. The van der Waals surface area contributed by atoms with Gasteiger partial charge in [0, 0.05) is 44.3 Å². The summed E-state index contributed by atoms with van der Waals surface area (Å²) >= 11 is 0. The minimum Gasteiger partial charge on any atom is -0.355 e. The monoisotopic (exact) mass is 502 g/mol. The Kier molecular flexibility index (Phi) is 9.05. The number of hydrogen-bond donors (Lipinski definition) is 2. The number of aliphatic imine (C=N–C) groups is 1. The van der Waals surface area contributed by atoms with Crippen LogP contribution in [0, 0.1) is 5.92 Å². The first kappa shape index (κ1) is 23.4. The molecule has 1 aliphatic carbocycles. The van der Waals surface area contributed by atoms with Crippen LogP contribution in [0.3, 0.4) is 0 Å². The van der Waals surface area contributed by atoms with E-state index in [-0.39, 0.29) is 24.0 Å². The van der Waals surface area contributed by atoms with E-state index in [0.717, 1.165) is 37.7 Å². The van der Waals surface area contributed by atoms with E-state index in [1.807, 2.05) is 7.05 Å². The summed E-state index contributed by atoms with van der Waals surface area (Å²) in [5.74, 6) is 1.80. The number of halogens is 1. The van der Waals surface area contributed by atoms with Crippen LogP contribution in [-0.2, 0) is 12.8 Å². The van der Waals surface area contributed by atoms with Crippen molar-refractivity contribution in [2.45, 2.75) is 77.9 Å². The van der Waals surface area contributed by atoms with Crippen molar-refractivity contribution in [3.63, 3.8) is 0 Å². The molecule has 2 atom stereocenters. The Bertz CT molecular complexity index is 633. The molecule has 0 radical (unpaired) electrons. The molecule has 28 heavy (non-hydrogen) atoms.